The molecule has 1 aliphatic rings. The highest BCUT2D eigenvalue weighted by Gasteiger charge is 2.36. The fraction of sp³-hybridized carbons (Fsp3) is 1.00. The highest BCUT2D eigenvalue weighted by molar-refractivity contribution is 4.93. The molecule has 0 aromatic heterocycles. The predicted octanol–water partition coefficient (Wildman–Crippen LogP) is 1.41. The molecule has 0 saturated heterocycles. The van der Waals surface area contributed by atoms with Gasteiger partial charge in [0.05, 0.1) is 6.54 Å². The van der Waals surface area contributed by atoms with E-state index < -0.39 is 18.3 Å². The monoisotopic (exact) mass is 196 g/mol. The molecular formula is C8H15F3N2. The summed E-state index contributed by atoms with van der Waals surface area (Å²) in [6.07, 6.45) is -0.659. The van der Waals surface area contributed by atoms with E-state index in [4.69, 9.17) is 5.73 Å². The molecule has 5 heteroatoms. The van der Waals surface area contributed by atoms with Crippen LogP contribution in [0.4, 0.5) is 13.2 Å². The summed E-state index contributed by atoms with van der Waals surface area (Å²) in [5.41, 5.74) is 5.02. The van der Waals surface area contributed by atoms with E-state index in [1.807, 2.05) is 0 Å². The van der Waals surface area contributed by atoms with Gasteiger partial charge in [0.2, 0.25) is 0 Å². The molecule has 13 heavy (non-hydrogen) atoms. The zero-order valence-corrected chi connectivity index (χ0v) is 7.45. The zero-order valence-electron chi connectivity index (χ0n) is 7.45. The first-order valence-electron chi connectivity index (χ1n) is 4.49. The minimum atomic E-state index is -4.13. The molecule has 3 N–H and O–H groups in total. The van der Waals surface area contributed by atoms with E-state index in [0.29, 0.717) is 6.54 Å². The summed E-state index contributed by atoms with van der Waals surface area (Å²) in [7, 11) is 0. The molecule has 1 aliphatic carbocycles. The first kappa shape index (κ1) is 10.8. The van der Waals surface area contributed by atoms with Gasteiger partial charge in [-0.3, -0.25) is 0 Å². The lowest BCUT2D eigenvalue weighted by atomic mass is 9.98. The van der Waals surface area contributed by atoms with Crippen LogP contribution in [0.15, 0.2) is 0 Å². The van der Waals surface area contributed by atoms with Crippen molar-refractivity contribution >= 4 is 0 Å². The summed E-state index contributed by atoms with van der Waals surface area (Å²) >= 11 is 0. The number of nitrogens with one attached hydrogen (secondary N) is 1. The number of halogens is 3. The highest BCUT2D eigenvalue weighted by atomic mass is 19.4. The van der Waals surface area contributed by atoms with Gasteiger partial charge >= 0.3 is 6.18 Å². The summed E-state index contributed by atoms with van der Waals surface area (Å²) in [5.74, 6) is 0. The van der Waals surface area contributed by atoms with Crippen LogP contribution >= 0.6 is 0 Å². The molecule has 0 unspecified atom stereocenters. The second-order valence-corrected chi connectivity index (χ2v) is 3.66. The lowest BCUT2D eigenvalue weighted by molar-refractivity contribution is -0.128. The topological polar surface area (TPSA) is 38.0 Å². The number of alkyl halides is 3. The maximum Gasteiger partial charge on any atom is 0.401 e. The van der Waals surface area contributed by atoms with Crippen molar-refractivity contribution in [3.05, 3.63) is 0 Å². The highest BCUT2D eigenvalue weighted by Crippen LogP contribution is 2.29. The minimum Gasteiger partial charge on any atom is -0.329 e. The number of rotatable bonds is 3. The van der Waals surface area contributed by atoms with Crippen LogP contribution in [0.3, 0.4) is 0 Å². The fourth-order valence-electron chi connectivity index (χ4n) is 1.79. The van der Waals surface area contributed by atoms with Crippen molar-refractivity contribution in [3.8, 4) is 0 Å². The van der Waals surface area contributed by atoms with Crippen molar-refractivity contribution in [2.24, 2.45) is 5.73 Å². The number of hydrogen-bond donors (Lipinski definition) is 2. The van der Waals surface area contributed by atoms with Gasteiger partial charge in [0.15, 0.2) is 0 Å². The second-order valence-electron chi connectivity index (χ2n) is 3.66. The van der Waals surface area contributed by atoms with E-state index in [1.165, 1.54) is 0 Å². The van der Waals surface area contributed by atoms with Gasteiger partial charge in [0, 0.05) is 12.1 Å². The quantitative estimate of drug-likeness (QED) is 0.716. The van der Waals surface area contributed by atoms with Crippen LogP contribution < -0.4 is 11.1 Å². The Kier molecular flexibility index (Phi) is 3.18. The van der Waals surface area contributed by atoms with E-state index in [0.717, 1.165) is 25.7 Å². The molecule has 0 aromatic carbocycles. The lowest BCUT2D eigenvalue weighted by Gasteiger charge is -2.29. The maximum atomic E-state index is 11.9. The largest absolute Gasteiger partial charge is 0.401 e. The summed E-state index contributed by atoms with van der Waals surface area (Å²) in [6, 6.07) is 0. The molecule has 0 aliphatic heterocycles. The Morgan fingerprint density at radius 2 is 1.77 bits per heavy atom. The maximum absolute atomic E-state index is 11.9. The van der Waals surface area contributed by atoms with E-state index >= 15 is 0 Å². The van der Waals surface area contributed by atoms with Gasteiger partial charge in [0.1, 0.15) is 0 Å². The molecule has 0 radical (unpaired) electrons. The third-order valence-corrected chi connectivity index (χ3v) is 2.62. The van der Waals surface area contributed by atoms with Crippen LogP contribution in [-0.4, -0.2) is 24.8 Å². The molecule has 0 aromatic rings. The van der Waals surface area contributed by atoms with Crippen LogP contribution in [0, 0.1) is 0 Å². The van der Waals surface area contributed by atoms with Crippen molar-refractivity contribution in [3.63, 3.8) is 0 Å². The van der Waals surface area contributed by atoms with Crippen LogP contribution in [0.5, 0.6) is 0 Å². The van der Waals surface area contributed by atoms with Crippen LogP contribution in [-0.2, 0) is 0 Å². The molecule has 78 valence electrons. The van der Waals surface area contributed by atoms with Crippen LogP contribution in [0.1, 0.15) is 25.7 Å². The fourth-order valence-corrected chi connectivity index (χ4v) is 1.79. The molecule has 0 atom stereocenters. The second kappa shape index (κ2) is 3.84. The Morgan fingerprint density at radius 3 is 2.15 bits per heavy atom. The standard InChI is InChI=1S/C8H15F3N2/c9-8(10,11)6-13-7(5-12)3-1-2-4-7/h13H,1-6,12H2. The molecule has 1 saturated carbocycles. The summed E-state index contributed by atoms with van der Waals surface area (Å²) in [5, 5.41) is 2.53. The first-order chi connectivity index (χ1) is 5.97. The SMILES string of the molecule is NCC1(NCC(F)(F)F)CCCC1. The Balaban J connectivity index is 2.40. The van der Waals surface area contributed by atoms with Crippen molar-refractivity contribution in [2.75, 3.05) is 13.1 Å². The average Bonchev–Trinajstić information content (AvgIpc) is 2.49. The smallest absolute Gasteiger partial charge is 0.329 e. The summed E-state index contributed by atoms with van der Waals surface area (Å²) in [4.78, 5) is 0. The Labute approximate surface area is 75.7 Å². The normalized spacial score (nSPS) is 22.2. The molecule has 0 bridgehead atoms. The van der Waals surface area contributed by atoms with Crippen molar-refractivity contribution < 1.29 is 13.2 Å². The van der Waals surface area contributed by atoms with Crippen LogP contribution in [0.2, 0.25) is 0 Å². The van der Waals surface area contributed by atoms with Gasteiger partial charge in [-0.25, -0.2) is 0 Å². The van der Waals surface area contributed by atoms with E-state index in [9.17, 15) is 13.2 Å². The van der Waals surface area contributed by atoms with Crippen LogP contribution in [0.25, 0.3) is 0 Å². The molecule has 2 nitrogen and oxygen atoms in total. The lowest BCUT2D eigenvalue weighted by Crippen LogP contribution is -2.51. The van der Waals surface area contributed by atoms with Gasteiger partial charge in [-0.2, -0.15) is 13.2 Å². The van der Waals surface area contributed by atoms with E-state index in [1.54, 1.807) is 0 Å². The summed E-state index contributed by atoms with van der Waals surface area (Å²) in [6.45, 7) is -0.632. The zero-order chi connectivity index (χ0) is 9.95. The Bertz CT molecular complexity index is 161. The molecule has 0 heterocycles. The summed E-state index contributed by atoms with van der Waals surface area (Å²) < 4.78 is 35.7. The van der Waals surface area contributed by atoms with Crippen molar-refractivity contribution in [2.45, 2.75) is 37.4 Å². The predicted molar refractivity (Wildman–Crippen MR) is 44.3 cm³/mol. The molecule has 1 rings (SSSR count). The molecule has 0 amide bonds. The third kappa shape index (κ3) is 3.15. The third-order valence-electron chi connectivity index (χ3n) is 2.62. The van der Waals surface area contributed by atoms with Gasteiger partial charge in [-0.05, 0) is 12.8 Å². The van der Waals surface area contributed by atoms with E-state index in [2.05, 4.69) is 5.32 Å². The average molecular weight is 196 g/mol. The van der Waals surface area contributed by atoms with E-state index in [-0.39, 0.29) is 0 Å². The molecule has 1 fully saturated rings. The van der Waals surface area contributed by atoms with Gasteiger partial charge in [-0.1, -0.05) is 12.8 Å². The van der Waals surface area contributed by atoms with Gasteiger partial charge in [-0.15, -0.1) is 0 Å². The van der Waals surface area contributed by atoms with Crippen molar-refractivity contribution in [1.82, 2.24) is 5.32 Å². The van der Waals surface area contributed by atoms with Gasteiger partial charge in [0.25, 0.3) is 0 Å². The van der Waals surface area contributed by atoms with Gasteiger partial charge < -0.3 is 11.1 Å². The first-order valence-corrected chi connectivity index (χ1v) is 4.49. The minimum absolute atomic E-state index is 0.295. The molecular weight excluding hydrogens is 181 g/mol. The Morgan fingerprint density at radius 1 is 1.23 bits per heavy atom. The van der Waals surface area contributed by atoms with Crippen molar-refractivity contribution in [1.29, 1.82) is 0 Å². The number of nitrogens with two attached hydrogens (primary N) is 1. The molecule has 0 spiro atoms. The number of hydrogen-bond acceptors (Lipinski definition) is 2. The Hall–Kier alpha value is -0.290.